The molecule has 0 aromatic carbocycles. The van der Waals surface area contributed by atoms with Gasteiger partial charge in [0.25, 0.3) is 0 Å². The molecule has 122 valence electrons. The summed E-state index contributed by atoms with van der Waals surface area (Å²) in [6.45, 7) is 5.56. The molecule has 1 amide bonds. The maximum Gasteiger partial charge on any atom is 0.391 e. The van der Waals surface area contributed by atoms with Crippen molar-refractivity contribution in [3.8, 4) is 0 Å². The predicted octanol–water partition coefficient (Wildman–Crippen LogP) is 3.44. The van der Waals surface area contributed by atoms with Crippen molar-refractivity contribution in [1.29, 1.82) is 0 Å². The van der Waals surface area contributed by atoms with E-state index in [4.69, 9.17) is 0 Å². The molecule has 1 heterocycles. The number of hydrogen-bond donors (Lipinski definition) is 1. The Hall–Kier alpha value is -0.780. The van der Waals surface area contributed by atoms with Gasteiger partial charge in [-0.3, -0.25) is 10.1 Å². The van der Waals surface area contributed by atoms with Gasteiger partial charge in [-0.2, -0.15) is 13.2 Å². The molecular formula is C15H25F3N2O. The van der Waals surface area contributed by atoms with Crippen LogP contribution in [0.5, 0.6) is 0 Å². The second-order valence-corrected chi connectivity index (χ2v) is 6.96. The van der Waals surface area contributed by atoms with Gasteiger partial charge in [0.1, 0.15) is 0 Å². The molecule has 21 heavy (non-hydrogen) atoms. The number of amides is 1. The van der Waals surface area contributed by atoms with Crippen molar-refractivity contribution in [1.82, 2.24) is 10.2 Å². The van der Waals surface area contributed by atoms with Crippen LogP contribution in [0.3, 0.4) is 0 Å². The van der Waals surface area contributed by atoms with Crippen LogP contribution in [0.4, 0.5) is 13.2 Å². The van der Waals surface area contributed by atoms with Crippen LogP contribution in [0.15, 0.2) is 0 Å². The Balaban J connectivity index is 2.19. The maximum atomic E-state index is 12.7. The van der Waals surface area contributed by atoms with Crippen molar-refractivity contribution in [3.63, 3.8) is 0 Å². The third kappa shape index (κ3) is 3.52. The van der Waals surface area contributed by atoms with Crippen LogP contribution in [0, 0.1) is 5.92 Å². The highest BCUT2D eigenvalue weighted by atomic mass is 19.4. The first kappa shape index (κ1) is 16.6. The van der Waals surface area contributed by atoms with Gasteiger partial charge >= 0.3 is 6.18 Å². The van der Waals surface area contributed by atoms with Crippen molar-refractivity contribution < 1.29 is 18.0 Å². The Labute approximate surface area is 124 Å². The summed E-state index contributed by atoms with van der Waals surface area (Å²) in [5.74, 6) is 0.204. The summed E-state index contributed by atoms with van der Waals surface area (Å²) in [5, 5.41) is 3.37. The Morgan fingerprint density at radius 2 is 1.86 bits per heavy atom. The third-order valence-corrected chi connectivity index (χ3v) is 4.58. The van der Waals surface area contributed by atoms with Crippen LogP contribution in [0.25, 0.3) is 0 Å². The fraction of sp³-hybridized carbons (Fsp3) is 0.933. The van der Waals surface area contributed by atoms with Crippen LogP contribution in [0.1, 0.15) is 59.3 Å². The van der Waals surface area contributed by atoms with E-state index in [-0.39, 0.29) is 12.1 Å². The van der Waals surface area contributed by atoms with Crippen LogP contribution in [-0.2, 0) is 4.79 Å². The lowest BCUT2D eigenvalue weighted by Gasteiger charge is -2.32. The normalized spacial score (nSPS) is 27.1. The Morgan fingerprint density at radius 3 is 2.33 bits per heavy atom. The van der Waals surface area contributed by atoms with Gasteiger partial charge in [-0.15, -0.1) is 0 Å². The van der Waals surface area contributed by atoms with Crippen molar-refractivity contribution >= 4 is 5.91 Å². The number of carbonyl (C=O) groups is 1. The lowest BCUT2D eigenvalue weighted by molar-refractivity contribution is -0.154. The summed E-state index contributed by atoms with van der Waals surface area (Å²) in [6.07, 6.45) is -1.34. The third-order valence-electron chi connectivity index (χ3n) is 4.58. The first-order valence-corrected chi connectivity index (χ1v) is 7.82. The van der Waals surface area contributed by atoms with E-state index in [0.29, 0.717) is 12.3 Å². The second kappa shape index (κ2) is 5.78. The topological polar surface area (TPSA) is 32.3 Å². The molecule has 2 atom stereocenters. The summed E-state index contributed by atoms with van der Waals surface area (Å²) >= 11 is 0. The quantitative estimate of drug-likeness (QED) is 0.863. The van der Waals surface area contributed by atoms with Gasteiger partial charge in [0.2, 0.25) is 5.91 Å². The van der Waals surface area contributed by atoms with Gasteiger partial charge in [0.15, 0.2) is 0 Å². The minimum absolute atomic E-state index is 0.123. The number of halogens is 3. The molecule has 1 aliphatic heterocycles. The van der Waals surface area contributed by atoms with E-state index < -0.39 is 24.2 Å². The fourth-order valence-corrected chi connectivity index (χ4v) is 3.74. The number of nitrogens with zero attached hydrogens (tertiary/aromatic N) is 1. The molecule has 1 saturated carbocycles. The molecule has 2 aliphatic rings. The molecule has 6 heteroatoms. The first-order chi connectivity index (χ1) is 9.65. The molecule has 2 fully saturated rings. The Morgan fingerprint density at radius 1 is 1.29 bits per heavy atom. The van der Waals surface area contributed by atoms with Gasteiger partial charge in [-0.1, -0.05) is 26.7 Å². The van der Waals surface area contributed by atoms with E-state index >= 15 is 0 Å². The SMILES string of the molecule is CC(C)CC1NC2(CCCC2)C(=O)N1C(C)CC(F)(F)F. The number of alkyl halides is 3. The fourth-order valence-electron chi connectivity index (χ4n) is 3.74. The summed E-state index contributed by atoms with van der Waals surface area (Å²) in [4.78, 5) is 14.2. The molecule has 2 unspecified atom stereocenters. The molecule has 1 aliphatic carbocycles. The number of rotatable bonds is 4. The number of carbonyl (C=O) groups excluding carboxylic acids is 1. The van der Waals surface area contributed by atoms with Crippen molar-refractivity contribution in [2.24, 2.45) is 5.92 Å². The standard InChI is InChI=1S/C15H25F3N2O/c1-10(2)8-12-19-14(6-4-5-7-14)13(21)20(12)11(3)9-15(16,17)18/h10-12,19H,4-9H2,1-3H3. The van der Waals surface area contributed by atoms with Crippen LogP contribution >= 0.6 is 0 Å². The molecule has 0 aromatic heterocycles. The molecule has 1 N–H and O–H groups in total. The molecule has 1 saturated heterocycles. The van der Waals surface area contributed by atoms with Gasteiger partial charge in [-0.05, 0) is 32.1 Å². The van der Waals surface area contributed by atoms with E-state index in [0.717, 1.165) is 25.7 Å². The monoisotopic (exact) mass is 306 g/mol. The minimum atomic E-state index is -4.24. The smallest absolute Gasteiger partial charge is 0.322 e. The van der Waals surface area contributed by atoms with Crippen LogP contribution in [-0.4, -0.2) is 34.7 Å². The summed E-state index contributed by atoms with van der Waals surface area (Å²) in [7, 11) is 0. The average Bonchev–Trinajstić information content (AvgIpc) is 2.84. The van der Waals surface area contributed by atoms with Gasteiger partial charge in [-0.25, -0.2) is 0 Å². The van der Waals surface area contributed by atoms with E-state index in [1.54, 1.807) is 0 Å². The number of nitrogens with one attached hydrogen (secondary N) is 1. The van der Waals surface area contributed by atoms with Crippen molar-refractivity contribution in [3.05, 3.63) is 0 Å². The van der Waals surface area contributed by atoms with E-state index in [9.17, 15) is 18.0 Å². The lowest BCUT2D eigenvalue weighted by Crippen LogP contribution is -2.46. The second-order valence-electron chi connectivity index (χ2n) is 6.96. The van der Waals surface area contributed by atoms with Crippen molar-refractivity contribution in [2.45, 2.75) is 83.2 Å². The summed E-state index contributed by atoms with van der Waals surface area (Å²) in [5.41, 5.74) is -0.598. The summed E-state index contributed by atoms with van der Waals surface area (Å²) in [6, 6.07) is -0.811. The molecule has 0 bridgehead atoms. The zero-order valence-electron chi connectivity index (χ0n) is 13.0. The molecule has 1 spiro atoms. The molecule has 0 radical (unpaired) electrons. The average molecular weight is 306 g/mol. The number of hydrogen-bond acceptors (Lipinski definition) is 2. The van der Waals surface area contributed by atoms with Gasteiger partial charge in [0.05, 0.1) is 18.1 Å². The highest BCUT2D eigenvalue weighted by molar-refractivity contribution is 5.89. The lowest BCUT2D eigenvalue weighted by atomic mass is 9.97. The highest BCUT2D eigenvalue weighted by Gasteiger charge is 2.54. The van der Waals surface area contributed by atoms with Crippen LogP contribution < -0.4 is 5.32 Å². The molecule has 3 nitrogen and oxygen atoms in total. The highest BCUT2D eigenvalue weighted by Crippen LogP contribution is 2.39. The molecular weight excluding hydrogens is 281 g/mol. The predicted molar refractivity (Wildman–Crippen MR) is 74.6 cm³/mol. The van der Waals surface area contributed by atoms with Gasteiger partial charge < -0.3 is 4.90 Å². The van der Waals surface area contributed by atoms with E-state index in [2.05, 4.69) is 5.32 Å². The zero-order valence-corrected chi connectivity index (χ0v) is 13.0. The van der Waals surface area contributed by atoms with Crippen LogP contribution in [0.2, 0.25) is 0 Å². The zero-order chi connectivity index (χ0) is 15.8. The minimum Gasteiger partial charge on any atom is -0.322 e. The van der Waals surface area contributed by atoms with Gasteiger partial charge in [0, 0.05) is 6.04 Å². The summed E-state index contributed by atoms with van der Waals surface area (Å²) < 4.78 is 38.1. The van der Waals surface area contributed by atoms with Crippen molar-refractivity contribution in [2.75, 3.05) is 0 Å². The largest absolute Gasteiger partial charge is 0.391 e. The molecule has 2 rings (SSSR count). The Bertz CT molecular complexity index is 389. The Kier molecular flexibility index (Phi) is 4.57. The maximum absolute atomic E-state index is 12.7. The van der Waals surface area contributed by atoms with E-state index in [1.165, 1.54) is 11.8 Å². The molecule has 0 aromatic rings. The van der Waals surface area contributed by atoms with E-state index in [1.807, 2.05) is 13.8 Å². The first-order valence-electron chi connectivity index (χ1n) is 7.82.